The van der Waals surface area contributed by atoms with E-state index in [1.54, 1.807) is 61.5 Å². The SMILES string of the molecule is CCC(C(=O)Nc1ccc(CC#N)cc1)N(c1ccccc1)S(C)(=O)=O. The van der Waals surface area contributed by atoms with Crippen LogP contribution in [0.15, 0.2) is 54.6 Å². The lowest BCUT2D eigenvalue weighted by Crippen LogP contribution is -2.46. The van der Waals surface area contributed by atoms with Gasteiger partial charge < -0.3 is 5.32 Å². The molecule has 0 aliphatic heterocycles. The second-order valence-electron chi connectivity index (χ2n) is 5.84. The van der Waals surface area contributed by atoms with E-state index in [2.05, 4.69) is 11.4 Å². The van der Waals surface area contributed by atoms with Crippen LogP contribution in [0.4, 0.5) is 11.4 Å². The summed E-state index contributed by atoms with van der Waals surface area (Å²) in [6.45, 7) is 1.77. The molecule has 1 amide bonds. The Bertz CT molecular complexity index is 888. The van der Waals surface area contributed by atoms with E-state index in [1.807, 2.05) is 0 Å². The van der Waals surface area contributed by atoms with E-state index in [9.17, 15) is 13.2 Å². The fraction of sp³-hybridized carbons (Fsp3) is 0.263. The van der Waals surface area contributed by atoms with Crippen LogP contribution in [0.2, 0.25) is 0 Å². The van der Waals surface area contributed by atoms with Crippen molar-refractivity contribution >= 4 is 27.3 Å². The summed E-state index contributed by atoms with van der Waals surface area (Å²) < 4.78 is 25.8. The van der Waals surface area contributed by atoms with Gasteiger partial charge in [-0.1, -0.05) is 37.3 Å². The zero-order chi connectivity index (χ0) is 19.2. The van der Waals surface area contributed by atoms with Crippen molar-refractivity contribution in [3.8, 4) is 6.07 Å². The molecule has 0 spiro atoms. The van der Waals surface area contributed by atoms with Crippen molar-refractivity contribution in [3.05, 3.63) is 60.2 Å². The van der Waals surface area contributed by atoms with Crippen molar-refractivity contribution in [2.75, 3.05) is 15.9 Å². The highest BCUT2D eigenvalue weighted by atomic mass is 32.2. The summed E-state index contributed by atoms with van der Waals surface area (Å²) in [6, 6.07) is 16.7. The van der Waals surface area contributed by atoms with Gasteiger partial charge in [-0.05, 0) is 36.2 Å². The highest BCUT2D eigenvalue weighted by Crippen LogP contribution is 2.23. The van der Waals surface area contributed by atoms with Crippen LogP contribution in [-0.2, 0) is 21.2 Å². The van der Waals surface area contributed by atoms with E-state index in [4.69, 9.17) is 5.26 Å². The van der Waals surface area contributed by atoms with Crippen LogP contribution in [0.3, 0.4) is 0 Å². The van der Waals surface area contributed by atoms with Crippen LogP contribution in [0.5, 0.6) is 0 Å². The van der Waals surface area contributed by atoms with Gasteiger partial charge in [0.15, 0.2) is 0 Å². The molecular formula is C19H21N3O3S. The number of rotatable bonds is 7. The quantitative estimate of drug-likeness (QED) is 0.810. The van der Waals surface area contributed by atoms with Crippen molar-refractivity contribution in [2.45, 2.75) is 25.8 Å². The number of nitrogens with one attached hydrogen (secondary N) is 1. The van der Waals surface area contributed by atoms with Gasteiger partial charge in [-0.2, -0.15) is 5.26 Å². The van der Waals surface area contributed by atoms with Crippen LogP contribution >= 0.6 is 0 Å². The van der Waals surface area contributed by atoms with Crippen molar-refractivity contribution in [1.29, 1.82) is 5.26 Å². The monoisotopic (exact) mass is 371 g/mol. The lowest BCUT2D eigenvalue weighted by atomic mass is 10.1. The average Bonchev–Trinajstić information content (AvgIpc) is 2.61. The number of sulfonamides is 1. The van der Waals surface area contributed by atoms with Gasteiger partial charge in [0.05, 0.1) is 24.4 Å². The fourth-order valence-electron chi connectivity index (χ4n) is 2.66. The second kappa shape index (κ2) is 8.50. The highest BCUT2D eigenvalue weighted by Gasteiger charge is 2.31. The first-order valence-electron chi connectivity index (χ1n) is 8.18. The molecule has 1 atom stereocenters. The molecule has 0 aromatic heterocycles. The number of benzene rings is 2. The maximum absolute atomic E-state index is 12.7. The molecule has 26 heavy (non-hydrogen) atoms. The number of carbonyl (C=O) groups excluding carboxylic acids is 1. The molecular weight excluding hydrogens is 350 g/mol. The van der Waals surface area contributed by atoms with Crippen LogP contribution in [-0.4, -0.2) is 26.6 Å². The number of hydrogen-bond acceptors (Lipinski definition) is 4. The Hall–Kier alpha value is -2.85. The van der Waals surface area contributed by atoms with Gasteiger partial charge in [-0.3, -0.25) is 9.10 Å². The third-order valence-corrected chi connectivity index (χ3v) is 5.02. The average molecular weight is 371 g/mol. The predicted molar refractivity (Wildman–Crippen MR) is 102 cm³/mol. The van der Waals surface area contributed by atoms with Crippen LogP contribution in [0.1, 0.15) is 18.9 Å². The Morgan fingerprint density at radius 1 is 1.15 bits per heavy atom. The number of nitriles is 1. The molecule has 2 aromatic rings. The Morgan fingerprint density at radius 2 is 1.77 bits per heavy atom. The second-order valence-corrected chi connectivity index (χ2v) is 7.70. The molecule has 0 fully saturated rings. The fourth-order valence-corrected chi connectivity index (χ4v) is 3.87. The summed E-state index contributed by atoms with van der Waals surface area (Å²) in [7, 11) is -3.64. The molecule has 0 heterocycles. The van der Waals surface area contributed by atoms with Crippen molar-refractivity contribution < 1.29 is 13.2 Å². The molecule has 0 radical (unpaired) electrons. The first kappa shape index (κ1) is 19.5. The maximum atomic E-state index is 12.7. The third kappa shape index (κ3) is 4.83. The van der Waals surface area contributed by atoms with E-state index < -0.39 is 22.0 Å². The van der Waals surface area contributed by atoms with Gasteiger partial charge in [0, 0.05) is 5.69 Å². The van der Waals surface area contributed by atoms with E-state index in [-0.39, 0.29) is 0 Å². The summed E-state index contributed by atoms with van der Waals surface area (Å²) in [6.07, 6.45) is 1.70. The largest absolute Gasteiger partial charge is 0.324 e. The Balaban J connectivity index is 2.27. The summed E-state index contributed by atoms with van der Waals surface area (Å²) in [5.74, 6) is -0.408. The molecule has 0 bridgehead atoms. The lowest BCUT2D eigenvalue weighted by molar-refractivity contribution is -0.117. The molecule has 136 valence electrons. The standard InChI is InChI=1S/C19H21N3O3S/c1-3-18(22(26(2,24)25)17-7-5-4-6-8-17)19(23)21-16-11-9-15(10-12-16)13-14-20/h4-12,18H,3,13H2,1-2H3,(H,21,23). The minimum Gasteiger partial charge on any atom is -0.324 e. The normalized spacial score (nSPS) is 12.0. The minimum absolute atomic E-state index is 0.293. The Morgan fingerprint density at radius 3 is 2.27 bits per heavy atom. The zero-order valence-electron chi connectivity index (χ0n) is 14.7. The lowest BCUT2D eigenvalue weighted by Gasteiger charge is -2.30. The van der Waals surface area contributed by atoms with Gasteiger partial charge in [0.2, 0.25) is 15.9 Å². The smallest absolute Gasteiger partial charge is 0.248 e. The Kier molecular flexibility index (Phi) is 6.36. The van der Waals surface area contributed by atoms with Gasteiger partial charge >= 0.3 is 0 Å². The molecule has 1 N–H and O–H groups in total. The van der Waals surface area contributed by atoms with Gasteiger partial charge in [-0.25, -0.2) is 8.42 Å². The summed E-state index contributed by atoms with van der Waals surface area (Å²) >= 11 is 0. The predicted octanol–water partition coefficient (Wildman–Crippen LogP) is 2.94. The minimum atomic E-state index is -3.64. The van der Waals surface area contributed by atoms with E-state index in [1.165, 1.54) is 0 Å². The van der Waals surface area contributed by atoms with Crippen LogP contribution in [0.25, 0.3) is 0 Å². The van der Waals surface area contributed by atoms with Crippen molar-refractivity contribution in [2.24, 2.45) is 0 Å². The summed E-state index contributed by atoms with van der Waals surface area (Å²) in [5, 5.41) is 11.5. The van der Waals surface area contributed by atoms with Crippen molar-refractivity contribution in [3.63, 3.8) is 0 Å². The molecule has 0 saturated heterocycles. The molecule has 0 aliphatic carbocycles. The molecule has 6 nitrogen and oxygen atoms in total. The van der Waals surface area contributed by atoms with Gasteiger partial charge in [0.1, 0.15) is 6.04 Å². The van der Waals surface area contributed by atoms with Crippen LogP contribution in [0, 0.1) is 11.3 Å². The number of amides is 1. The maximum Gasteiger partial charge on any atom is 0.248 e. The molecule has 0 aliphatic rings. The molecule has 2 rings (SSSR count). The van der Waals surface area contributed by atoms with E-state index >= 15 is 0 Å². The molecule has 0 saturated carbocycles. The van der Waals surface area contributed by atoms with Crippen molar-refractivity contribution in [1.82, 2.24) is 0 Å². The zero-order valence-corrected chi connectivity index (χ0v) is 15.5. The third-order valence-electron chi connectivity index (χ3n) is 3.85. The first-order chi connectivity index (χ1) is 12.4. The Labute approximate surface area is 154 Å². The number of hydrogen-bond donors (Lipinski definition) is 1. The number of para-hydroxylation sites is 1. The highest BCUT2D eigenvalue weighted by molar-refractivity contribution is 7.92. The first-order valence-corrected chi connectivity index (χ1v) is 10.0. The topological polar surface area (TPSA) is 90.3 Å². The summed E-state index contributed by atoms with van der Waals surface area (Å²) in [5.41, 5.74) is 1.85. The van der Waals surface area contributed by atoms with Gasteiger partial charge in [0.25, 0.3) is 0 Å². The van der Waals surface area contributed by atoms with Crippen LogP contribution < -0.4 is 9.62 Å². The van der Waals surface area contributed by atoms with Gasteiger partial charge in [-0.15, -0.1) is 0 Å². The summed E-state index contributed by atoms with van der Waals surface area (Å²) in [4.78, 5) is 12.7. The number of carbonyl (C=O) groups is 1. The van der Waals surface area contributed by atoms with E-state index in [0.29, 0.717) is 24.2 Å². The molecule has 7 heteroatoms. The molecule has 1 unspecified atom stereocenters. The number of anilines is 2. The molecule has 2 aromatic carbocycles. The number of nitrogens with zero attached hydrogens (tertiary/aromatic N) is 2. The van der Waals surface area contributed by atoms with E-state index in [0.717, 1.165) is 16.1 Å².